The molecule has 0 aromatic carbocycles. The van der Waals surface area contributed by atoms with Gasteiger partial charge in [-0.05, 0) is 263 Å². The Morgan fingerprint density at radius 1 is 0.395 bits per heavy atom. The lowest BCUT2D eigenvalue weighted by Crippen LogP contribution is -2.67. The number of rotatable bonds is 22. The number of hydrogen-bond donors (Lipinski definition) is 0. The Morgan fingerprint density at radius 3 is 1.13 bits per heavy atom. The lowest BCUT2D eigenvalue weighted by Gasteiger charge is -2.68. The van der Waals surface area contributed by atoms with Gasteiger partial charge in [-0.2, -0.15) is 5.26 Å². The average Bonchev–Trinajstić information content (AvgIpc) is 3.64. The molecule has 0 N–H and O–H groups in total. The van der Waals surface area contributed by atoms with Crippen LogP contribution in [0, 0.1) is 107 Å². The summed E-state index contributed by atoms with van der Waals surface area (Å²) in [6, 6.07) is 7.94. The first-order chi connectivity index (χ1) is 37.3. The van der Waals surface area contributed by atoms with Crippen LogP contribution in [-0.4, -0.2) is 52.1 Å². The van der Waals surface area contributed by atoms with Crippen molar-refractivity contribution in [3.8, 4) is 6.07 Å². The molecular weight excluding hydrogens is 921 g/mol. The van der Waals surface area contributed by atoms with Crippen molar-refractivity contribution in [3.63, 3.8) is 0 Å². The van der Waals surface area contributed by atoms with Crippen molar-refractivity contribution in [3.05, 3.63) is 11.4 Å². The molecule has 0 amide bonds. The van der Waals surface area contributed by atoms with E-state index in [9.17, 15) is 5.26 Å². The Labute approximate surface area is 471 Å². The summed E-state index contributed by atoms with van der Waals surface area (Å²) in [6.45, 7) is 18.0. The van der Waals surface area contributed by atoms with Crippen molar-refractivity contribution >= 4 is 0 Å². The van der Waals surface area contributed by atoms with E-state index < -0.39 is 0 Å². The van der Waals surface area contributed by atoms with Gasteiger partial charge in [-0.1, -0.05) is 118 Å². The summed E-state index contributed by atoms with van der Waals surface area (Å²) >= 11 is 0. The minimum atomic E-state index is 0.292. The van der Waals surface area contributed by atoms with E-state index in [1.807, 2.05) is 0 Å². The fraction of sp³-hybridized carbons (Fsp3) is 0.972. The summed E-state index contributed by atoms with van der Waals surface area (Å²) in [4.78, 5) is 11.2. The maximum Gasteiger partial charge on any atom is 0.223 e. The molecule has 430 valence electrons. The molecule has 0 saturated heterocycles. The van der Waals surface area contributed by atoms with Gasteiger partial charge < -0.3 is 4.85 Å². The van der Waals surface area contributed by atoms with Crippen LogP contribution in [0.2, 0.25) is 0 Å². The molecule has 0 aromatic rings. The first kappa shape index (κ1) is 58.1. The molecule has 10 atom stereocenters. The summed E-state index contributed by atoms with van der Waals surface area (Å²) in [5.74, 6) is 13.1. The van der Waals surface area contributed by atoms with Gasteiger partial charge in [0.05, 0.1) is 6.07 Å². The summed E-state index contributed by atoms with van der Waals surface area (Å²) in [5, 5.41) is 10.2. The van der Waals surface area contributed by atoms with Crippen molar-refractivity contribution in [1.29, 1.82) is 5.26 Å². The van der Waals surface area contributed by atoms with Gasteiger partial charge in [0.15, 0.2) is 0 Å². The van der Waals surface area contributed by atoms with Gasteiger partial charge in [-0.3, -0.25) is 9.80 Å². The van der Waals surface area contributed by atoms with E-state index in [2.05, 4.69) is 48.4 Å². The Morgan fingerprint density at radius 2 is 0.750 bits per heavy atom. The maximum absolute atomic E-state index is 10.2. The molecule has 10 fully saturated rings. The second-order valence-corrected chi connectivity index (χ2v) is 30.5. The van der Waals surface area contributed by atoms with Crippen molar-refractivity contribution < 1.29 is 0 Å². The van der Waals surface area contributed by atoms with Gasteiger partial charge in [-0.15, -0.1) is 0 Å². The molecule has 10 rings (SSSR count). The first-order valence-electron chi connectivity index (χ1n) is 35.7. The van der Waals surface area contributed by atoms with E-state index in [1.165, 1.54) is 283 Å². The SMILES string of the molecule is [C-]#[N+]C1CCC(C2CC(N(C3CCC(C)CC3)C3CCC(CCCCCCCC)CC3)C3CCC4C(C5CCC(C#N)CC5)CC(N(C5CCC(C)CC5)C5CCC(CCCCCCCC)CC5)C5CCC2C3C45)CC1. The van der Waals surface area contributed by atoms with Crippen molar-refractivity contribution in [2.45, 2.75) is 353 Å². The number of unbranched alkanes of at least 4 members (excludes halogenated alkanes) is 10. The topological polar surface area (TPSA) is 34.6 Å². The molecule has 0 aliphatic heterocycles. The van der Waals surface area contributed by atoms with Gasteiger partial charge in [0.1, 0.15) is 0 Å². The van der Waals surface area contributed by atoms with Crippen LogP contribution in [0.5, 0.6) is 0 Å². The monoisotopic (exact) mass is 1040 g/mol. The summed E-state index contributed by atoms with van der Waals surface area (Å²) in [7, 11) is 0. The molecule has 0 spiro atoms. The molecule has 0 bridgehead atoms. The van der Waals surface area contributed by atoms with Crippen LogP contribution < -0.4 is 0 Å². The minimum Gasteiger partial charge on any atom is -0.314 e. The Balaban J connectivity index is 0.968. The predicted molar refractivity (Wildman–Crippen MR) is 321 cm³/mol. The van der Waals surface area contributed by atoms with Crippen LogP contribution >= 0.6 is 0 Å². The number of hydrogen-bond acceptors (Lipinski definition) is 3. The van der Waals surface area contributed by atoms with Gasteiger partial charge in [0.25, 0.3) is 0 Å². The normalized spacial score (nSPS) is 43.9. The summed E-state index contributed by atoms with van der Waals surface area (Å²) in [5.41, 5.74) is 0. The zero-order chi connectivity index (χ0) is 52.4. The third-order valence-corrected chi connectivity index (χ3v) is 26.3. The van der Waals surface area contributed by atoms with E-state index >= 15 is 0 Å². The fourth-order valence-corrected chi connectivity index (χ4v) is 22.2. The second kappa shape index (κ2) is 28.7. The van der Waals surface area contributed by atoms with Crippen LogP contribution in [0.25, 0.3) is 4.85 Å². The molecule has 76 heavy (non-hydrogen) atoms. The molecule has 10 aliphatic rings. The highest BCUT2D eigenvalue weighted by Gasteiger charge is 2.63. The van der Waals surface area contributed by atoms with Gasteiger partial charge >= 0.3 is 0 Å². The highest BCUT2D eigenvalue weighted by molar-refractivity contribution is 5.14. The standard InChI is InChI=1S/C72H122N4/c1-6-8-10-12-14-16-18-53-26-40-61(41-27-53)75(59-36-20-51(3)21-37-59)69-48-67(56-30-24-55(50-73)25-31-56)63-44-46-66-70(49-68(57-32-34-58(74-5)35-33-57)64-45-47-65(69)71(63)72(64)66)76(60-38-22-52(4)23-39-60)62-42-28-54(29-43-62)19-17-15-13-11-9-7-2/h51-72H,6-49H2,1-4H3. The third-order valence-electron chi connectivity index (χ3n) is 26.3. The van der Waals surface area contributed by atoms with Crippen LogP contribution in [-0.2, 0) is 0 Å². The van der Waals surface area contributed by atoms with E-state index in [4.69, 9.17) is 6.57 Å². The lowest BCUT2D eigenvalue weighted by atomic mass is 9.41. The molecule has 0 aromatic heterocycles. The molecule has 10 aliphatic carbocycles. The van der Waals surface area contributed by atoms with Crippen LogP contribution in [0.3, 0.4) is 0 Å². The van der Waals surface area contributed by atoms with Crippen LogP contribution in [0.15, 0.2) is 0 Å². The summed E-state index contributed by atoms with van der Waals surface area (Å²) < 4.78 is 0. The highest BCUT2D eigenvalue weighted by Crippen LogP contribution is 2.67. The Hall–Kier alpha value is -1.10. The second-order valence-electron chi connectivity index (χ2n) is 30.5. The quantitative estimate of drug-likeness (QED) is 0.0801. The number of nitrogens with zero attached hydrogens (tertiary/aromatic N) is 4. The molecular formula is C72H122N4. The Kier molecular flexibility index (Phi) is 22.0. The zero-order valence-electron chi connectivity index (χ0n) is 50.6. The Bertz CT molecular complexity index is 1620. The van der Waals surface area contributed by atoms with Gasteiger partial charge in [0, 0.05) is 55.0 Å². The van der Waals surface area contributed by atoms with E-state index in [1.54, 1.807) is 0 Å². The highest BCUT2D eigenvalue weighted by atomic mass is 15.2. The first-order valence-corrected chi connectivity index (χ1v) is 35.7. The molecule has 0 heterocycles. The van der Waals surface area contributed by atoms with Crippen LogP contribution in [0.4, 0.5) is 0 Å². The number of nitriles is 1. The largest absolute Gasteiger partial charge is 0.314 e. The smallest absolute Gasteiger partial charge is 0.223 e. The molecule has 4 nitrogen and oxygen atoms in total. The van der Waals surface area contributed by atoms with Gasteiger partial charge in [0.2, 0.25) is 6.04 Å². The molecule has 10 saturated carbocycles. The predicted octanol–water partition coefficient (Wildman–Crippen LogP) is 20.2. The zero-order valence-corrected chi connectivity index (χ0v) is 50.6. The van der Waals surface area contributed by atoms with Crippen molar-refractivity contribution in [2.24, 2.45) is 88.8 Å². The maximum atomic E-state index is 10.2. The lowest BCUT2D eigenvalue weighted by molar-refractivity contribution is -0.189. The minimum absolute atomic E-state index is 0.292. The van der Waals surface area contributed by atoms with Gasteiger partial charge in [-0.25, -0.2) is 6.57 Å². The third kappa shape index (κ3) is 13.9. The van der Waals surface area contributed by atoms with Crippen molar-refractivity contribution in [2.75, 3.05) is 0 Å². The molecule has 0 radical (unpaired) electrons. The van der Waals surface area contributed by atoms with Crippen LogP contribution in [0.1, 0.15) is 310 Å². The average molecular weight is 1040 g/mol. The van der Waals surface area contributed by atoms with E-state index in [0.29, 0.717) is 12.0 Å². The van der Waals surface area contributed by atoms with Crippen molar-refractivity contribution in [1.82, 2.24) is 9.80 Å². The summed E-state index contributed by atoms with van der Waals surface area (Å²) in [6.07, 6.45) is 63.3. The molecule has 10 unspecified atom stereocenters. The molecule has 4 heteroatoms. The van der Waals surface area contributed by atoms with E-state index in [0.717, 1.165) is 119 Å². The van der Waals surface area contributed by atoms with E-state index in [-0.39, 0.29) is 0 Å². The fourth-order valence-electron chi connectivity index (χ4n) is 22.2.